The average Bonchev–Trinajstić information content (AvgIpc) is 2.84. The predicted molar refractivity (Wildman–Crippen MR) is 81.2 cm³/mol. The molecule has 1 N–H and O–H groups in total. The molecule has 1 atom stereocenters. The molecule has 0 radical (unpaired) electrons. The summed E-state index contributed by atoms with van der Waals surface area (Å²) in [6.07, 6.45) is 2.82. The first-order chi connectivity index (χ1) is 9.79. The Morgan fingerprint density at radius 3 is 2.52 bits per heavy atom. The van der Waals surface area contributed by atoms with E-state index in [0.29, 0.717) is 11.4 Å². The summed E-state index contributed by atoms with van der Waals surface area (Å²) in [4.78, 5) is 12.0. The van der Waals surface area contributed by atoms with Crippen molar-refractivity contribution in [1.82, 2.24) is 9.78 Å². The van der Waals surface area contributed by atoms with E-state index in [1.54, 1.807) is 29.1 Å². The summed E-state index contributed by atoms with van der Waals surface area (Å²) in [7, 11) is -3.43. The Morgan fingerprint density at radius 2 is 1.95 bits per heavy atom. The van der Waals surface area contributed by atoms with Crippen LogP contribution in [0.15, 0.2) is 36.5 Å². The van der Waals surface area contributed by atoms with Crippen LogP contribution in [-0.2, 0) is 14.6 Å². The molecule has 0 fully saturated rings. The van der Waals surface area contributed by atoms with Crippen LogP contribution >= 0.6 is 0 Å². The van der Waals surface area contributed by atoms with Crippen molar-refractivity contribution in [3.8, 4) is 5.69 Å². The summed E-state index contributed by atoms with van der Waals surface area (Å²) in [6.45, 7) is 3.23. The molecule has 1 aromatic heterocycles. The fourth-order valence-electron chi connectivity index (χ4n) is 1.76. The first-order valence-electron chi connectivity index (χ1n) is 6.40. The van der Waals surface area contributed by atoms with Gasteiger partial charge in [0.2, 0.25) is 5.91 Å². The molecule has 1 heterocycles. The van der Waals surface area contributed by atoms with Crippen molar-refractivity contribution >= 4 is 21.4 Å². The molecule has 6 nitrogen and oxygen atoms in total. The van der Waals surface area contributed by atoms with Gasteiger partial charge in [-0.15, -0.1) is 0 Å². The highest BCUT2D eigenvalue weighted by Crippen LogP contribution is 2.20. The molecule has 2 rings (SSSR count). The van der Waals surface area contributed by atoms with E-state index in [4.69, 9.17) is 0 Å². The van der Waals surface area contributed by atoms with Gasteiger partial charge in [0.05, 0.1) is 17.1 Å². The number of sulfone groups is 1. The van der Waals surface area contributed by atoms with Crippen LogP contribution in [0, 0.1) is 6.92 Å². The van der Waals surface area contributed by atoms with Crippen molar-refractivity contribution in [3.05, 3.63) is 42.2 Å². The number of amides is 1. The summed E-state index contributed by atoms with van der Waals surface area (Å²) in [6, 6.07) is 8.94. The minimum atomic E-state index is -3.43. The number of carbonyl (C=O) groups is 1. The van der Waals surface area contributed by atoms with E-state index in [0.717, 1.165) is 11.9 Å². The van der Waals surface area contributed by atoms with Crippen LogP contribution in [0.4, 0.5) is 5.69 Å². The Kier molecular flexibility index (Phi) is 4.13. The standard InChI is InChI=1S/C14H17N3O3S/c1-10-8-9-17(16-10)13-7-5-4-6-12(13)15-14(18)11(2)21(3,19)20/h4-9,11H,1-3H3,(H,15,18). The minimum absolute atomic E-state index is 0.515. The van der Waals surface area contributed by atoms with Gasteiger partial charge >= 0.3 is 0 Å². The topological polar surface area (TPSA) is 81.1 Å². The van der Waals surface area contributed by atoms with Gasteiger partial charge in [-0.1, -0.05) is 12.1 Å². The van der Waals surface area contributed by atoms with E-state index in [2.05, 4.69) is 10.4 Å². The molecule has 1 aromatic carbocycles. The van der Waals surface area contributed by atoms with E-state index >= 15 is 0 Å². The third-order valence-electron chi connectivity index (χ3n) is 3.14. The van der Waals surface area contributed by atoms with Gasteiger partial charge in [0.15, 0.2) is 9.84 Å². The molecule has 1 amide bonds. The van der Waals surface area contributed by atoms with Crippen LogP contribution in [-0.4, -0.2) is 35.6 Å². The lowest BCUT2D eigenvalue weighted by molar-refractivity contribution is -0.115. The fourth-order valence-corrected chi connectivity index (χ4v) is 2.20. The number of rotatable bonds is 4. The molecular formula is C14H17N3O3S. The number of carbonyl (C=O) groups excluding carboxylic acids is 1. The van der Waals surface area contributed by atoms with Gasteiger partial charge in [-0.25, -0.2) is 13.1 Å². The summed E-state index contributed by atoms with van der Waals surface area (Å²) < 4.78 is 24.5. The number of nitrogens with zero attached hydrogens (tertiary/aromatic N) is 2. The first-order valence-corrected chi connectivity index (χ1v) is 8.36. The van der Waals surface area contributed by atoms with Gasteiger partial charge in [-0.2, -0.15) is 5.10 Å². The van der Waals surface area contributed by atoms with Gasteiger partial charge in [0.25, 0.3) is 0 Å². The van der Waals surface area contributed by atoms with Crippen LogP contribution in [0.3, 0.4) is 0 Å². The molecule has 21 heavy (non-hydrogen) atoms. The Morgan fingerprint density at radius 1 is 1.29 bits per heavy atom. The molecular weight excluding hydrogens is 290 g/mol. The highest BCUT2D eigenvalue weighted by molar-refractivity contribution is 7.92. The largest absolute Gasteiger partial charge is 0.323 e. The lowest BCUT2D eigenvalue weighted by Crippen LogP contribution is -2.32. The van der Waals surface area contributed by atoms with E-state index in [9.17, 15) is 13.2 Å². The lowest BCUT2D eigenvalue weighted by atomic mass is 10.2. The molecule has 0 bridgehead atoms. The zero-order valence-corrected chi connectivity index (χ0v) is 12.9. The monoisotopic (exact) mass is 307 g/mol. The smallest absolute Gasteiger partial charge is 0.242 e. The summed E-state index contributed by atoms with van der Waals surface area (Å²) in [5, 5.41) is 5.83. The SMILES string of the molecule is Cc1ccn(-c2ccccc2NC(=O)C(C)S(C)(=O)=O)n1. The molecule has 7 heteroatoms. The molecule has 2 aromatic rings. The number of anilines is 1. The van der Waals surface area contributed by atoms with Crippen LogP contribution < -0.4 is 5.32 Å². The van der Waals surface area contributed by atoms with Crippen molar-refractivity contribution in [2.75, 3.05) is 11.6 Å². The minimum Gasteiger partial charge on any atom is -0.323 e. The Labute approximate surface area is 123 Å². The lowest BCUT2D eigenvalue weighted by Gasteiger charge is -2.13. The molecule has 0 aliphatic heterocycles. The normalized spacial score (nSPS) is 12.9. The maximum atomic E-state index is 12.0. The second-order valence-electron chi connectivity index (χ2n) is 4.88. The van der Waals surface area contributed by atoms with Crippen molar-refractivity contribution < 1.29 is 13.2 Å². The van der Waals surface area contributed by atoms with Gasteiger partial charge in [0, 0.05) is 12.5 Å². The number of hydrogen-bond acceptors (Lipinski definition) is 4. The number of aryl methyl sites for hydroxylation is 1. The first kappa shape index (κ1) is 15.2. The van der Waals surface area contributed by atoms with Gasteiger partial charge in [0.1, 0.15) is 5.25 Å². The second-order valence-corrected chi connectivity index (χ2v) is 7.25. The molecule has 112 valence electrons. The van der Waals surface area contributed by atoms with E-state index in [1.807, 2.05) is 19.1 Å². The van der Waals surface area contributed by atoms with Gasteiger partial charge in [-0.05, 0) is 32.0 Å². The Hall–Kier alpha value is -2.15. The fraction of sp³-hybridized carbons (Fsp3) is 0.286. The summed E-state index contributed by atoms with van der Waals surface area (Å²) in [5.41, 5.74) is 2.04. The third kappa shape index (κ3) is 3.49. The average molecular weight is 307 g/mol. The highest BCUT2D eigenvalue weighted by atomic mass is 32.2. The predicted octanol–water partition coefficient (Wildman–Crippen LogP) is 1.55. The second kappa shape index (κ2) is 5.69. The van der Waals surface area contributed by atoms with Crippen LogP contribution in [0.25, 0.3) is 5.69 Å². The van der Waals surface area contributed by atoms with Crippen molar-refractivity contribution in [2.45, 2.75) is 19.1 Å². The van der Waals surface area contributed by atoms with E-state index in [1.165, 1.54) is 6.92 Å². The molecule has 0 aliphatic carbocycles. The molecule has 0 saturated carbocycles. The van der Waals surface area contributed by atoms with E-state index < -0.39 is 21.0 Å². The van der Waals surface area contributed by atoms with Crippen LogP contribution in [0.5, 0.6) is 0 Å². The highest BCUT2D eigenvalue weighted by Gasteiger charge is 2.24. The zero-order valence-electron chi connectivity index (χ0n) is 12.1. The summed E-state index contributed by atoms with van der Waals surface area (Å²) in [5.74, 6) is -0.561. The van der Waals surface area contributed by atoms with Gasteiger partial charge in [-0.3, -0.25) is 4.79 Å². The Bertz CT molecular complexity index is 765. The number of benzene rings is 1. The molecule has 1 unspecified atom stereocenters. The van der Waals surface area contributed by atoms with Crippen molar-refractivity contribution in [3.63, 3.8) is 0 Å². The molecule has 0 saturated heterocycles. The van der Waals surface area contributed by atoms with Crippen molar-refractivity contribution in [2.24, 2.45) is 0 Å². The molecule has 0 spiro atoms. The maximum Gasteiger partial charge on any atom is 0.242 e. The number of aromatic nitrogens is 2. The summed E-state index contributed by atoms with van der Waals surface area (Å²) >= 11 is 0. The van der Waals surface area contributed by atoms with E-state index in [-0.39, 0.29) is 0 Å². The number of para-hydroxylation sites is 2. The quantitative estimate of drug-likeness (QED) is 0.929. The number of hydrogen-bond donors (Lipinski definition) is 1. The third-order valence-corrected chi connectivity index (χ3v) is 4.64. The van der Waals surface area contributed by atoms with Crippen molar-refractivity contribution in [1.29, 1.82) is 0 Å². The van der Waals surface area contributed by atoms with Crippen LogP contribution in [0.1, 0.15) is 12.6 Å². The maximum absolute atomic E-state index is 12.0. The zero-order chi connectivity index (χ0) is 15.6. The number of nitrogens with one attached hydrogen (secondary N) is 1. The Balaban J connectivity index is 2.32. The molecule has 0 aliphatic rings. The van der Waals surface area contributed by atoms with Gasteiger partial charge < -0.3 is 5.32 Å². The van der Waals surface area contributed by atoms with Crippen LogP contribution in [0.2, 0.25) is 0 Å².